The van der Waals surface area contributed by atoms with Crippen molar-refractivity contribution >= 4 is 89.1 Å². The first-order valence-electron chi connectivity index (χ1n) is 11.1. The monoisotopic (exact) mass is 778 g/mol. The van der Waals surface area contributed by atoms with Crippen molar-refractivity contribution in [2.75, 3.05) is 0 Å². The number of aryl methyl sites for hydroxylation is 2. The van der Waals surface area contributed by atoms with Gasteiger partial charge in [-0.25, -0.2) is 0 Å². The molecule has 0 saturated carbocycles. The van der Waals surface area contributed by atoms with Crippen LogP contribution in [-0.4, -0.2) is 72.1 Å². The third-order valence-electron chi connectivity index (χ3n) is 5.54. The van der Waals surface area contributed by atoms with Crippen molar-refractivity contribution in [3.8, 4) is 0 Å². The maximum absolute atomic E-state index is 2.33. The van der Waals surface area contributed by atoms with Crippen LogP contribution >= 0.6 is 0 Å². The second-order valence-corrected chi connectivity index (χ2v) is 38.8. The fraction of sp³-hybridized carbons (Fsp3) is 0.727. The van der Waals surface area contributed by atoms with Gasteiger partial charge in [0.2, 0.25) is 0 Å². The van der Waals surface area contributed by atoms with Crippen LogP contribution in [0.25, 0.3) is 17.0 Å². The summed E-state index contributed by atoms with van der Waals surface area (Å²) < 4.78 is 7.99. The van der Waals surface area contributed by atoms with Crippen molar-refractivity contribution in [2.45, 2.75) is 104 Å². The molecule has 2 heterocycles. The van der Waals surface area contributed by atoms with Crippen LogP contribution in [0.3, 0.4) is 0 Å². The van der Waals surface area contributed by atoms with Crippen molar-refractivity contribution in [1.82, 2.24) is 0 Å². The molecule has 0 radical (unpaired) electrons. The molecule has 0 nitrogen and oxygen atoms in total. The van der Waals surface area contributed by atoms with Crippen LogP contribution in [-0.2, 0) is 12.8 Å². The summed E-state index contributed by atoms with van der Waals surface area (Å²) in [4.78, 5) is 0. The Morgan fingerprint density at radius 1 is 0.429 bits per heavy atom. The van der Waals surface area contributed by atoms with Gasteiger partial charge in [-0.1, -0.05) is 0 Å². The third kappa shape index (κ3) is 7.17. The van der Waals surface area contributed by atoms with Gasteiger partial charge >= 0.3 is 204 Å². The molecule has 0 saturated heterocycles. The fourth-order valence-corrected chi connectivity index (χ4v) is 47.9. The predicted molar refractivity (Wildman–Crippen MR) is 135 cm³/mol. The molecule has 3 rings (SSSR count). The Bertz CT molecular complexity index is 717. The Morgan fingerprint density at radius 3 is 1.11 bits per heavy atom. The van der Waals surface area contributed by atoms with E-state index in [-0.39, 0.29) is 0 Å². The van der Waals surface area contributed by atoms with Gasteiger partial charge in [-0.05, 0) is 0 Å². The van der Waals surface area contributed by atoms with Gasteiger partial charge in [0.25, 0.3) is 0 Å². The number of hydrogen-bond donors (Lipinski definition) is 0. The second-order valence-electron chi connectivity index (χ2n) is 7.78. The third-order valence-corrected chi connectivity index (χ3v) is 38.3. The van der Waals surface area contributed by atoms with Gasteiger partial charge in [0.05, 0.1) is 0 Å². The number of unbranched alkanes of at least 4 members (excludes halogenated alkanes) is 10. The summed E-state index contributed by atoms with van der Waals surface area (Å²) in [6.07, 6.45) is 20.4. The van der Waals surface area contributed by atoms with Crippen molar-refractivity contribution < 1.29 is 0 Å². The quantitative estimate of drug-likeness (QED) is 0.155. The Labute approximate surface area is 201 Å². The molecule has 0 aliphatic carbocycles. The van der Waals surface area contributed by atoms with E-state index in [1.54, 1.807) is 0 Å². The second kappa shape index (κ2) is 14.5. The first-order valence-corrected chi connectivity index (χ1v) is 31.9. The molecular weight excluding hydrogens is 738 g/mol. The van der Waals surface area contributed by atoms with Crippen LogP contribution in [0.4, 0.5) is 0 Å². The maximum atomic E-state index is 2.33. The van der Waals surface area contributed by atoms with Crippen LogP contribution in [0.15, 0.2) is 0 Å². The molecule has 2 aromatic heterocycles. The van der Waals surface area contributed by atoms with E-state index in [0.29, 0.717) is 0 Å². The summed E-state index contributed by atoms with van der Waals surface area (Å²) in [6, 6.07) is 0. The zero-order chi connectivity index (χ0) is 19.6. The number of rotatable bonds is 14. The van der Waals surface area contributed by atoms with Crippen molar-refractivity contribution in [3.63, 3.8) is 0 Å². The number of benzene rings is 1. The van der Waals surface area contributed by atoms with E-state index in [1.807, 2.05) is 28.2 Å². The normalized spacial score (nSPS) is 11.8. The summed E-state index contributed by atoms with van der Waals surface area (Å²) in [5, 5.41) is 0. The molecule has 0 bridgehead atoms. The number of fused-ring (bicyclic) bond motifs is 2. The minimum absolute atomic E-state index is 0.892. The van der Waals surface area contributed by atoms with Crippen LogP contribution in [0, 0.1) is 0 Å². The van der Waals surface area contributed by atoms with E-state index in [9.17, 15) is 0 Å². The van der Waals surface area contributed by atoms with Crippen molar-refractivity contribution in [1.29, 1.82) is 0 Å². The molecule has 0 spiro atoms. The van der Waals surface area contributed by atoms with E-state index in [4.69, 9.17) is 0 Å². The van der Waals surface area contributed by atoms with E-state index in [0.717, 1.165) is 72.1 Å². The van der Waals surface area contributed by atoms with Gasteiger partial charge < -0.3 is 0 Å². The molecule has 0 aliphatic heterocycles. The van der Waals surface area contributed by atoms with Crippen LogP contribution in [0.2, 0.25) is 0 Å². The first-order chi connectivity index (χ1) is 13.9. The Kier molecular flexibility index (Phi) is 12.9. The molecule has 158 valence electrons. The van der Waals surface area contributed by atoms with Crippen LogP contribution in [0.1, 0.15) is 102 Å². The van der Waals surface area contributed by atoms with E-state index in [2.05, 4.69) is 13.8 Å². The van der Waals surface area contributed by atoms with Gasteiger partial charge in [-0.3, -0.25) is 0 Å². The van der Waals surface area contributed by atoms with Gasteiger partial charge in [-0.15, -0.1) is 0 Å². The molecule has 0 aliphatic rings. The first kappa shape index (κ1) is 25.0. The van der Waals surface area contributed by atoms with E-state index in [1.165, 1.54) is 89.9 Å². The van der Waals surface area contributed by atoms with E-state index < -0.39 is 0 Å². The summed E-state index contributed by atoms with van der Waals surface area (Å²) in [5.41, 5.74) is 3.93. The van der Waals surface area contributed by atoms with Gasteiger partial charge in [-0.2, -0.15) is 0 Å². The van der Waals surface area contributed by atoms with Crippen molar-refractivity contribution in [2.24, 2.45) is 0 Å². The predicted octanol–water partition coefficient (Wildman–Crippen LogP) is 5.27. The topological polar surface area (TPSA) is 0 Å². The van der Waals surface area contributed by atoms with Gasteiger partial charge in [0.1, 0.15) is 0 Å². The SMILES string of the molecule is CCCCCCCCc1c2[se][se][se]c2c(CCCCCCCC)c2[se][se][se]c12. The molecule has 28 heavy (non-hydrogen) atoms. The fourth-order valence-electron chi connectivity index (χ4n) is 3.90. The summed E-state index contributed by atoms with van der Waals surface area (Å²) in [6.45, 7) is 4.66. The number of hydrogen-bond acceptors (Lipinski definition) is 0. The molecule has 6 heteroatoms. The van der Waals surface area contributed by atoms with E-state index >= 15 is 0 Å². The Hall–Kier alpha value is 2.34. The van der Waals surface area contributed by atoms with Gasteiger partial charge in [0.15, 0.2) is 0 Å². The van der Waals surface area contributed by atoms with Crippen LogP contribution < -0.4 is 0 Å². The summed E-state index contributed by atoms with van der Waals surface area (Å²) >= 11 is 3.57. The molecular formula is C22H34Se6. The molecule has 3 aromatic rings. The molecule has 0 fully saturated rings. The summed E-state index contributed by atoms with van der Waals surface area (Å²) in [5.74, 6) is 0. The van der Waals surface area contributed by atoms with Gasteiger partial charge in [0, 0.05) is 0 Å². The zero-order valence-electron chi connectivity index (χ0n) is 17.3. The van der Waals surface area contributed by atoms with Crippen molar-refractivity contribution in [3.05, 3.63) is 11.1 Å². The average molecular weight is 772 g/mol. The Morgan fingerprint density at radius 2 is 0.750 bits per heavy atom. The standard InChI is InChI=1S/C22H34Se6/c1-3-5-7-9-11-13-15-17-19-21(25-27-23-19)18(22-20(17)24-28-26-22)16-14-12-10-8-6-4-2/h3-16H2,1-2H3. The van der Waals surface area contributed by atoms with Crippen LogP contribution in [0.5, 0.6) is 0 Å². The summed E-state index contributed by atoms with van der Waals surface area (Å²) in [7, 11) is 1.99. The molecule has 0 N–H and O–H groups in total. The molecule has 0 unspecified atom stereocenters. The zero-order valence-corrected chi connectivity index (χ0v) is 27.6. The molecule has 1 aromatic carbocycles. The Balaban J connectivity index is 1.69. The molecule has 0 amide bonds. The average Bonchev–Trinajstić information content (AvgIpc) is 3.38. The molecule has 0 atom stereocenters. The minimum atomic E-state index is 0.892.